The van der Waals surface area contributed by atoms with Crippen LogP contribution in [0.4, 0.5) is 23.7 Å². The van der Waals surface area contributed by atoms with Gasteiger partial charge in [0.1, 0.15) is 0 Å². The number of rotatable bonds is 8. The molecule has 7 nitrogen and oxygen atoms in total. The van der Waals surface area contributed by atoms with Crippen LogP contribution in [0.2, 0.25) is 0 Å². The molecular weight excluding hydrogens is 483 g/mol. The van der Waals surface area contributed by atoms with E-state index >= 15 is 0 Å². The van der Waals surface area contributed by atoms with Crippen molar-refractivity contribution in [2.24, 2.45) is 5.92 Å². The van der Waals surface area contributed by atoms with Crippen molar-refractivity contribution in [3.63, 3.8) is 0 Å². The Morgan fingerprint density at radius 1 is 1.03 bits per heavy atom. The Bertz CT molecular complexity index is 1050. The molecule has 35 heavy (non-hydrogen) atoms. The molecule has 0 saturated heterocycles. The summed E-state index contributed by atoms with van der Waals surface area (Å²) < 4.78 is 39.2. The average Bonchev–Trinajstić information content (AvgIpc) is 2.82. The molecule has 11 heteroatoms. The number of benzene rings is 2. The zero-order valence-electron chi connectivity index (χ0n) is 18.7. The highest BCUT2D eigenvalue weighted by Crippen LogP contribution is 2.32. The number of hydrogen-bond donors (Lipinski definition) is 4. The molecule has 3 rings (SSSR count). The predicted octanol–water partition coefficient (Wildman–Crippen LogP) is 4.99. The lowest BCUT2D eigenvalue weighted by Gasteiger charge is -2.32. The molecule has 0 radical (unpaired) electrons. The fourth-order valence-electron chi connectivity index (χ4n) is 3.96. The van der Waals surface area contributed by atoms with Crippen LogP contribution < -0.4 is 16.0 Å². The van der Waals surface area contributed by atoms with Gasteiger partial charge in [-0.15, -0.1) is 11.8 Å². The first kappa shape index (κ1) is 26.4. The van der Waals surface area contributed by atoms with Crippen LogP contribution in [-0.2, 0) is 11.0 Å². The molecule has 2 aromatic rings. The van der Waals surface area contributed by atoms with E-state index in [9.17, 15) is 27.6 Å². The van der Waals surface area contributed by atoms with Crippen molar-refractivity contribution in [3.8, 4) is 0 Å². The number of anilines is 1. The molecule has 0 bridgehead atoms. The van der Waals surface area contributed by atoms with Gasteiger partial charge < -0.3 is 15.7 Å². The van der Waals surface area contributed by atoms with Crippen LogP contribution in [0, 0.1) is 5.92 Å². The zero-order valence-corrected chi connectivity index (χ0v) is 19.5. The van der Waals surface area contributed by atoms with Gasteiger partial charge in [0, 0.05) is 16.7 Å². The van der Waals surface area contributed by atoms with Gasteiger partial charge in [0.05, 0.1) is 23.4 Å². The Hall–Kier alpha value is -3.21. The molecule has 1 aliphatic carbocycles. The highest BCUT2D eigenvalue weighted by Gasteiger charge is 2.32. The van der Waals surface area contributed by atoms with Crippen molar-refractivity contribution < 1.29 is 32.7 Å². The summed E-state index contributed by atoms with van der Waals surface area (Å²) in [6.07, 6.45) is -2.45. The first-order valence-corrected chi connectivity index (χ1v) is 12.1. The number of thioether (sulfide) groups is 1. The average molecular weight is 510 g/mol. The molecule has 2 aromatic carbocycles. The van der Waals surface area contributed by atoms with Gasteiger partial charge in [-0.25, -0.2) is 4.79 Å². The number of carboxylic acid groups (broad SMARTS) is 1. The van der Waals surface area contributed by atoms with Crippen LogP contribution in [0.25, 0.3) is 0 Å². The minimum Gasteiger partial charge on any atom is -0.465 e. The molecule has 1 aliphatic rings. The second-order valence-electron chi connectivity index (χ2n) is 8.21. The maximum Gasteiger partial charge on any atom is 0.416 e. The SMILES string of the molecule is O=C(O)Nc1ccc(C(F)(F)F)cc1C(=O)NCC(=O)NC1CCCCC1CSc1ccccc1. The second-order valence-corrected chi connectivity index (χ2v) is 9.31. The van der Waals surface area contributed by atoms with Gasteiger partial charge in [0.25, 0.3) is 5.91 Å². The lowest BCUT2D eigenvalue weighted by Crippen LogP contribution is -2.47. The van der Waals surface area contributed by atoms with Crippen molar-refractivity contribution in [2.45, 2.75) is 42.8 Å². The summed E-state index contributed by atoms with van der Waals surface area (Å²) in [5, 5.41) is 16.1. The summed E-state index contributed by atoms with van der Waals surface area (Å²) in [5.74, 6) is -0.367. The van der Waals surface area contributed by atoms with Gasteiger partial charge in [0.2, 0.25) is 5.91 Å². The molecule has 1 fully saturated rings. The van der Waals surface area contributed by atoms with E-state index < -0.39 is 41.8 Å². The van der Waals surface area contributed by atoms with Gasteiger partial charge >= 0.3 is 12.3 Å². The number of halogens is 3. The first-order valence-electron chi connectivity index (χ1n) is 11.1. The maximum absolute atomic E-state index is 13.1. The Morgan fingerprint density at radius 3 is 2.43 bits per heavy atom. The van der Waals surface area contributed by atoms with Gasteiger partial charge in [-0.1, -0.05) is 31.0 Å². The third-order valence-corrected chi connectivity index (χ3v) is 6.91. The standard InChI is InChI=1S/C24H26F3N3O4S/c25-24(26,27)16-10-11-20(30-23(33)34)18(12-16)22(32)28-13-21(31)29-19-9-5-4-6-15(19)14-35-17-7-2-1-3-8-17/h1-3,7-8,10-12,15,19,30H,4-6,9,13-14H2,(H,28,32)(H,29,31)(H,33,34). The third-order valence-electron chi connectivity index (χ3n) is 5.71. The molecule has 0 aromatic heterocycles. The van der Waals surface area contributed by atoms with E-state index in [2.05, 4.69) is 10.6 Å². The van der Waals surface area contributed by atoms with E-state index in [1.165, 1.54) is 0 Å². The molecule has 2 unspecified atom stereocenters. The molecule has 0 spiro atoms. The van der Waals surface area contributed by atoms with Crippen LogP contribution in [0.15, 0.2) is 53.4 Å². The number of nitrogens with one attached hydrogen (secondary N) is 3. The number of carbonyl (C=O) groups excluding carboxylic acids is 2. The van der Waals surface area contributed by atoms with Gasteiger partial charge in [-0.2, -0.15) is 13.2 Å². The largest absolute Gasteiger partial charge is 0.465 e. The minimum absolute atomic E-state index is 0.0674. The second kappa shape index (κ2) is 12.0. The molecular formula is C24H26F3N3O4S. The lowest BCUT2D eigenvalue weighted by atomic mass is 9.86. The molecule has 4 N–H and O–H groups in total. The van der Waals surface area contributed by atoms with E-state index in [-0.39, 0.29) is 17.6 Å². The number of hydrogen-bond acceptors (Lipinski definition) is 4. The molecule has 2 atom stereocenters. The molecule has 3 amide bonds. The smallest absolute Gasteiger partial charge is 0.416 e. The molecule has 0 heterocycles. The summed E-state index contributed by atoms with van der Waals surface area (Å²) in [6.45, 7) is -0.448. The third kappa shape index (κ3) is 7.91. The van der Waals surface area contributed by atoms with E-state index in [0.717, 1.165) is 42.4 Å². The maximum atomic E-state index is 13.1. The van der Waals surface area contributed by atoms with Gasteiger partial charge in [-0.3, -0.25) is 14.9 Å². The summed E-state index contributed by atoms with van der Waals surface area (Å²) in [6, 6.07) is 11.9. The van der Waals surface area contributed by atoms with Crippen LogP contribution in [0.3, 0.4) is 0 Å². The van der Waals surface area contributed by atoms with Gasteiger partial charge in [-0.05, 0) is 49.1 Å². The number of carbonyl (C=O) groups is 3. The van der Waals surface area contributed by atoms with Crippen molar-refractivity contribution in [3.05, 3.63) is 59.7 Å². The summed E-state index contributed by atoms with van der Waals surface area (Å²) in [5.41, 5.74) is -1.94. The van der Waals surface area contributed by atoms with E-state index in [1.807, 2.05) is 35.6 Å². The normalized spacial score (nSPS) is 17.9. The van der Waals surface area contributed by atoms with Crippen LogP contribution >= 0.6 is 11.8 Å². The Labute approximate surface area is 204 Å². The summed E-state index contributed by atoms with van der Waals surface area (Å²) in [4.78, 5) is 37.2. The molecule has 0 aliphatic heterocycles. The molecule has 188 valence electrons. The van der Waals surface area contributed by atoms with Gasteiger partial charge in [0.15, 0.2) is 0 Å². The fourth-order valence-corrected chi connectivity index (χ4v) is 5.12. The van der Waals surface area contributed by atoms with Crippen molar-refractivity contribution in [1.29, 1.82) is 0 Å². The fraction of sp³-hybridized carbons (Fsp3) is 0.375. The number of amides is 3. The summed E-state index contributed by atoms with van der Waals surface area (Å²) >= 11 is 1.72. The van der Waals surface area contributed by atoms with Crippen molar-refractivity contribution >= 4 is 35.4 Å². The number of alkyl halides is 3. The Morgan fingerprint density at radius 2 is 1.74 bits per heavy atom. The highest BCUT2D eigenvalue weighted by atomic mass is 32.2. The van der Waals surface area contributed by atoms with E-state index in [4.69, 9.17) is 5.11 Å². The lowest BCUT2D eigenvalue weighted by molar-refractivity contribution is -0.137. The Kier molecular flexibility index (Phi) is 9.02. The van der Waals surface area contributed by atoms with Crippen molar-refractivity contribution in [2.75, 3.05) is 17.6 Å². The topological polar surface area (TPSA) is 108 Å². The van der Waals surface area contributed by atoms with Crippen LogP contribution in [0.5, 0.6) is 0 Å². The van der Waals surface area contributed by atoms with Crippen LogP contribution in [0.1, 0.15) is 41.6 Å². The van der Waals surface area contributed by atoms with E-state index in [0.29, 0.717) is 12.1 Å². The monoisotopic (exact) mass is 509 g/mol. The first-order chi connectivity index (χ1) is 16.6. The zero-order chi connectivity index (χ0) is 25.4. The Balaban J connectivity index is 1.60. The predicted molar refractivity (Wildman–Crippen MR) is 126 cm³/mol. The molecule has 1 saturated carbocycles. The van der Waals surface area contributed by atoms with E-state index in [1.54, 1.807) is 11.8 Å². The highest BCUT2D eigenvalue weighted by molar-refractivity contribution is 7.99. The quantitative estimate of drug-likeness (QED) is 0.375. The minimum atomic E-state index is -4.72. The van der Waals surface area contributed by atoms with Crippen molar-refractivity contribution in [1.82, 2.24) is 10.6 Å². The summed E-state index contributed by atoms with van der Waals surface area (Å²) in [7, 11) is 0. The van der Waals surface area contributed by atoms with Crippen LogP contribution in [-0.4, -0.2) is 41.4 Å².